The average molecular weight is 513 g/mol. The minimum Gasteiger partial charge on any atom is -0.381 e. The Labute approximate surface area is 218 Å². The Balaban J connectivity index is 1.32. The molecule has 0 aliphatic carbocycles. The molecule has 2 aromatic rings. The van der Waals surface area contributed by atoms with Crippen LogP contribution in [0.4, 0.5) is 22.0 Å². The summed E-state index contributed by atoms with van der Waals surface area (Å²) >= 11 is 5.71. The lowest BCUT2D eigenvalue weighted by atomic mass is 9.74. The number of piperidine rings is 1. The standard InChI is InChI=1S/C27H37FN6OS/c1-20-6-2-3-15-34(20)24-18-23(33-13-4-5-14-33)30-25(31-24)32-26(36)29-19-27(11-16-35-17-12-27)21-7-9-22(28)10-8-21/h7-10,18,20H,2-6,11-17,19H2,1H3,(H2,29,30,31,32,36)/t20-/m0/s1. The number of anilines is 3. The molecule has 3 fully saturated rings. The van der Waals surface area contributed by atoms with Crippen LogP contribution in [0.5, 0.6) is 0 Å². The monoisotopic (exact) mass is 512 g/mol. The summed E-state index contributed by atoms with van der Waals surface area (Å²) in [4.78, 5) is 14.5. The van der Waals surface area contributed by atoms with Gasteiger partial charge in [0.15, 0.2) is 5.11 Å². The van der Waals surface area contributed by atoms with E-state index in [0.29, 0.717) is 36.9 Å². The van der Waals surface area contributed by atoms with Crippen LogP contribution < -0.4 is 20.4 Å². The Bertz CT molecular complexity index is 1040. The van der Waals surface area contributed by atoms with Gasteiger partial charge in [0, 0.05) is 56.9 Å². The van der Waals surface area contributed by atoms with E-state index in [1.54, 1.807) is 0 Å². The first-order chi connectivity index (χ1) is 17.5. The summed E-state index contributed by atoms with van der Waals surface area (Å²) in [5, 5.41) is 7.19. The van der Waals surface area contributed by atoms with E-state index in [4.69, 9.17) is 26.9 Å². The SMILES string of the molecule is C[C@H]1CCCCN1c1cc(N2CCCC2)nc(NC(=S)NCC2(c3ccc(F)cc3)CCOCC2)n1. The number of hydrogen-bond acceptors (Lipinski definition) is 6. The van der Waals surface area contributed by atoms with E-state index < -0.39 is 0 Å². The van der Waals surface area contributed by atoms with Crippen molar-refractivity contribution in [3.05, 3.63) is 41.7 Å². The van der Waals surface area contributed by atoms with Crippen LogP contribution >= 0.6 is 12.2 Å². The first-order valence-electron chi connectivity index (χ1n) is 13.3. The molecule has 0 unspecified atom stereocenters. The van der Waals surface area contributed by atoms with Crippen molar-refractivity contribution < 1.29 is 9.13 Å². The quantitative estimate of drug-likeness (QED) is 0.544. The molecular weight excluding hydrogens is 475 g/mol. The summed E-state index contributed by atoms with van der Waals surface area (Å²) < 4.78 is 19.2. The third kappa shape index (κ3) is 5.72. The number of aromatic nitrogens is 2. The Morgan fingerprint density at radius 2 is 1.75 bits per heavy atom. The zero-order valence-electron chi connectivity index (χ0n) is 21.1. The van der Waals surface area contributed by atoms with Crippen molar-refractivity contribution in [3.63, 3.8) is 0 Å². The van der Waals surface area contributed by atoms with E-state index in [9.17, 15) is 4.39 Å². The van der Waals surface area contributed by atoms with Gasteiger partial charge in [-0.25, -0.2) is 4.39 Å². The molecule has 7 nitrogen and oxygen atoms in total. The molecule has 0 radical (unpaired) electrons. The smallest absolute Gasteiger partial charge is 0.232 e. The van der Waals surface area contributed by atoms with Crippen LogP contribution in [-0.4, -0.2) is 60.5 Å². The number of benzene rings is 1. The molecule has 5 rings (SSSR count). The van der Waals surface area contributed by atoms with Crippen molar-refractivity contribution in [1.82, 2.24) is 15.3 Å². The Hall–Kier alpha value is -2.52. The summed E-state index contributed by atoms with van der Waals surface area (Å²) in [5.74, 6) is 2.25. The number of ether oxygens (including phenoxy) is 1. The first-order valence-corrected chi connectivity index (χ1v) is 13.7. The van der Waals surface area contributed by atoms with Gasteiger partial charge in [-0.2, -0.15) is 9.97 Å². The van der Waals surface area contributed by atoms with Gasteiger partial charge in [-0.15, -0.1) is 0 Å². The predicted octanol–water partition coefficient (Wildman–Crippen LogP) is 4.63. The van der Waals surface area contributed by atoms with Crippen molar-refractivity contribution in [1.29, 1.82) is 0 Å². The minimum atomic E-state index is -0.222. The molecule has 36 heavy (non-hydrogen) atoms. The van der Waals surface area contributed by atoms with E-state index in [0.717, 1.165) is 49.7 Å². The van der Waals surface area contributed by atoms with Gasteiger partial charge < -0.3 is 25.2 Å². The maximum atomic E-state index is 13.6. The van der Waals surface area contributed by atoms with Gasteiger partial charge >= 0.3 is 0 Å². The third-order valence-corrected chi connectivity index (χ3v) is 8.19. The lowest BCUT2D eigenvalue weighted by Gasteiger charge is -2.38. The molecule has 2 N–H and O–H groups in total. The summed E-state index contributed by atoms with van der Waals surface area (Å²) in [6, 6.07) is 9.43. The molecule has 3 aliphatic rings. The highest BCUT2D eigenvalue weighted by Crippen LogP contribution is 2.34. The Morgan fingerprint density at radius 3 is 2.47 bits per heavy atom. The van der Waals surface area contributed by atoms with Crippen LogP contribution in [0, 0.1) is 5.82 Å². The van der Waals surface area contributed by atoms with E-state index in [2.05, 4.69) is 33.4 Å². The van der Waals surface area contributed by atoms with Crippen LogP contribution in [0.3, 0.4) is 0 Å². The molecule has 1 aromatic carbocycles. The van der Waals surface area contributed by atoms with Crippen LogP contribution in [0.15, 0.2) is 30.3 Å². The van der Waals surface area contributed by atoms with Crippen molar-refractivity contribution in [3.8, 4) is 0 Å². The second-order valence-electron chi connectivity index (χ2n) is 10.3. The lowest BCUT2D eigenvalue weighted by molar-refractivity contribution is 0.0515. The lowest BCUT2D eigenvalue weighted by Crippen LogP contribution is -2.45. The molecule has 4 heterocycles. The number of nitrogens with zero attached hydrogens (tertiary/aromatic N) is 4. The topological polar surface area (TPSA) is 65.5 Å². The second kappa shape index (κ2) is 11.3. The Morgan fingerprint density at radius 1 is 1.06 bits per heavy atom. The largest absolute Gasteiger partial charge is 0.381 e. The molecule has 0 amide bonds. The normalized spacial score (nSPS) is 21.9. The first kappa shape index (κ1) is 25.1. The third-order valence-electron chi connectivity index (χ3n) is 7.95. The molecule has 1 atom stereocenters. The van der Waals surface area contributed by atoms with Crippen LogP contribution in [-0.2, 0) is 10.2 Å². The maximum absolute atomic E-state index is 13.6. The van der Waals surface area contributed by atoms with Gasteiger partial charge in [0.1, 0.15) is 17.5 Å². The maximum Gasteiger partial charge on any atom is 0.232 e. The van der Waals surface area contributed by atoms with Gasteiger partial charge in [-0.05, 0) is 81.8 Å². The summed E-state index contributed by atoms with van der Waals surface area (Å²) in [5.41, 5.74) is 0.945. The van der Waals surface area contributed by atoms with Crippen molar-refractivity contribution in [2.75, 3.05) is 54.5 Å². The van der Waals surface area contributed by atoms with Gasteiger partial charge in [0.25, 0.3) is 0 Å². The van der Waals surface area contributed by atoms with Crippen LogP contribution in [0.25, 0.3) is 0 Å². The van der Waals surface area contributed by atoms with Crippen LogP contribution in [0.2, 0.25) is 0 Å². The zero-order chi connectivity index (χ0) is 25.0. The summed E-state index contributed by atoms with van der Waals surface area (Å²) in [6.45, 7) is 7.33. The average Bonchev–Trinajstić information content (AvgIpc) is 3.44. The molecule has 3 aliphatic heterocycles. The van der Waals surface area contributed by atoms with Gasteiger partial charge in [0.2, 0.25) is 5.95 Å². The molecule has 0 bridgehead atoms. The molecule has 0 spiro atoms. The molecule has 194 valence electrons. The van der Waals surface area contributed by atoms with E-state index in [-0.39, 0.29) is 11.2 Å². The van der Waals surface area contributed by atoms with E-state index in [1.165, 1.54) is 44.2 Å². The highest BCUT2D eigenvalue weighted by molar-refractivity contribution is 7.80. The molecule has 9 heteroatoms. The second-order valence-corrected chi connectivity index (χ2v) is 10.8. The molecular formula is C27H37FN6OS. The molecule has 1 aromatic heterocycles. The van der Waals surface area contributed by atoms with E-state index >= 15 is 0 Å². The van der Waals surface area contributed by atoms with Gasteiger partial charge in [-0.1, -0.05) is 12.1 Å². The van der Waals surface area contributed by atoms with E-state index in [1.807, 2.05) is 12.1 Å². The fourth-order valence-electron chi connectivity index (χ4n) is 5.70. The van der Waals surface area contributed by atoms with Crippen molar-refractivity contribution >= 4 is 34.9 Å². The number of hydrogen-bond donors (Lipinski definition) is 2. The number of thiocarbonyl (C=S) groups is 1. The summed E-state index contributed by atoms with van der Waals surface area (Å²) in [7, 11) is 0. The highest BCUT2D eigenvalue weighted by atomic mass is 32.1. The van der Waals surface area contributed by atoms with Crippen molar-refractivity contribution in [2.24, 2.45) is 0 Å². The van der Waals surface area contributed by atoms with Gasteiger partial charge in [0.05, 0.1) is 0 Å². The number of rotatable bonds is 6. The highest BCUT2D eigenvalue weighted by Gasteiger charge is 2.34. The predicted molar refractivity (Wildman–Crippen MR) is 146 cm³/mol. The molecule has 3 saturated heterocycles. The summed E-state index contributed by atoms with van der Waals surface area (Å²) in [6.07, 6.45) is 7.72. The van der Waals surface area contributed by atoms with Crippen molar-refractivity contribution in [2.45, 2.75) is 63.3 Å². The fourth-order valence-corrected chi connectivity index (χ4v) is 5.86. The molecule has 0 saturated carbocycles. The van der Waals surface area contributed by atoms with Gasteiger partial charge in [-0.3, -0.25) is 0 Å². The Kier molecular flexibility index (Phi) is 7.86. The van der Waals surface area contributed by atoms with Crippen LogP contribution in [0.1, 0.15) is 57.4 Å². The minimum absolute atomic E-state index is 0.162. The number of nitrogens with one attached hydrogen (secondary N) is 2. The fraction of sp³-hybridized carbons (Fsp3) is 0.593. The zero-order valence-corrected chi connectivity index (χ0v) is 22.0. The number of halogens is 1.